The van der Waals surface area contributed by atoms with Gasteiger partial charge in [-0.1, -0.05) is 81.8 Å². The second-order valence-corrected chi connectivity index (χ2v) is 7.33. The van der Waals surface area contributed by atoms with E-state index < -0.39 is 6.10 Å². The van der Waals surface area contributed by atoms with Crippen molar-refractivity contribution in [3.05, 3.63) is 100 Å². The Labute approximate surface area is 166 Å². The molecule has 1 heterocycles. The zero-order valence-corrected chi connectivity index (χ0v) is 16.3. The van der Waals surface area contributed by atoms with Crippen molar-refractivity contribution >= 4 is 15.9 Å². The number of benzene rings is 3. The van der Waals surface area contributed by atoms with Crippen LogP contribution in [0.3, 0.4) is 0 Å². The molecule has 4 heteroatoms. The van der Waals surface area contributed by atoms with Crippen LogP contribution in [0.25, 0.3) is 22.5 Å². The van der Waals surface area contributed by atoms with Crippen molar-refractivity contribution < 1.29 is 9.63 Å². The number of halogens is 1. The van der Waals surface area contributed by atoms with Crippen LogP contribution in [0.5, 0.6) is 0 Å². The Morgan fingerprint density at radius 3 is 2.30 bits per heavy atom. The molecule has 0 bridgehead atoms. The van der Waals surface area contributed by atoms with E-state index in [0.29, 0.717) is 17.0 Å². The van der Waals surface area contributed by atoms with Gasteiger partial charge in [-0.3, -0.25) is 0 Å². The summed E-state index contributed by atoms with van der Waals surface area (Å²) in [6.45, 7) is 1.85. The third-order valence-electron chi connectivity index (χ3n) is 4.60. The predicted molar refractivity (Wildman–Crippen MR) is 110 cm³/mol. The SMILES string of the molecule is Cc1noc(-c2ccc(Br)cc2)c1C(O)c1cccc(-c2ccccc2)c1. The monoisotopic (exact) mass is 419 g/mol. The molecule has 0 saturated heterocycles. The summed E-state index contributed by atoms with van der Waals surface area (Å²) in [4.78, 5) is 0. The van der Waals surface area contributed by atoms with Gasteiger partial charge in [0.25, 0.3) is 0 Å². The highest BCUT2D eigenvalue weighted by molar-refractivity contribution is 9.10. The van der Waals surface area contributed by atoms with Gasteiger partial charge in [0.15, 0.2) is 5.76 Å². The first-order chi connectivity index (χ1) is 13.1. The molecular weight excluding hydrogens is 402 g/mol. The third-order valence-corrected chi connectivity index (χ3v) is 5.13. The minimum absolute atomic E-state index is 0.595. The number of rotatable bonds is 4. The standard InChI is InChI=1S/C23H18BrNO2/c1-15-21(23(27-25-15)17-10-12-20(24)13-11-17)22(26)19-9-5-8-18(14-19)16-6-3-2-4-7-16/h2-14,22,26H,1H3. The van der Waals surface area contributed by atoms with Crippen molar-refractivity contribution in [3.8, 4) is 22.5 Å². The van der Waals surface area contributed by atoms with E-state index in [9.17, 15) is 5.11 Å². The van der Waals surface area contributed by atoms with Crippen molar-refractivity contribution in [3.63, 3.8) is 0 Å². The Morgan fingerprint density at radius 1 is 0.852 bits per heavy atom. The molecule has 1 N–H and O–H groups in total. The van der Waals surface area contributed by atoms with Crippen LogP contribution in [0.4, 0.5) is 0 Å². The number of aryl methyl sites for hydroxylation is 1. The van der Waals surface area contributed by atoms with E-state index in [1.165, 1.54) is 0 Å². The maximum Gasteiger partial charge on any atom is 0.173 e. The molecule has 4 rings (SSSR count). The molecule has 4 aromatic rings. The van der Waals surface area contributed by atoms with E-state index in [1.54, 1.807) is 0 Å². The highest BCUT2D eigenvalue weighted by Gasteiger charge is 2.23. The van der Waals surface area contributed by atoms with Gasteiger partial charge in [-0.2, -0.15) is 0 Å². The minimum Gasteiger partial charge on any atom is -0.383 e. The molecule has 0 aliphatic carbocycles. The second-order valence-electron chi connectivity index (χ2n) is 6.41. The van der Waals surface area contributed by atoms with Crippen LogP contribution in [0.1, 0.15) is 22.9 Å². The van der Waals surface area contributed by atoms with Crippen LogP contribution < -0.4 is 0 Å². The summed E-state index contributed by atoms with van der Waals surface area (Å²) in [5.41, 5.74) is 5.24. The first kappa shape index (κ1) is 17.7. The van der Waals surface area contributed by atoms with Crippen LogP contribution in [0.15, 0.2) is 87.9 Å². The molecule has 134 valence electrons. The van der Waals surface area contributed by atoms with Gasteiger partial charge in [0.1, 0.15) is 6.10 Å². The zero-order valence-electron chi connectivity index (χ0n) is 14.8. The lowest BCUT2D eigenvalue weighted by Crippen LogP contribution is -2.02. The Kier molecular flexibility index (Phi) is 4.92. The molecule has 3 nitrogen and oxygen atoms in total. The summed E-state index contributed by atoms with van der Waals surface area (Å²) in [5, 5.41) is 15.2. The second kappa shape index (κ2) is 7.51. The van der Waals surface area contributed by atoms with E-state index >= 15 is 0 Å². The first-order valence-corrected chi connectivity index (χ1v) is 9.48. The normalized spacial score (nSPS) is 12.1. The molecule has 0 fully saturated rings. The largest absolute Gasteiger partial charge is 0.383 e. The lowest BCUT2D eigenvalue weighted by Gasteiger charge is -2.13. The Bertz CT molecular complexity index is 1060. The van der Waals surface area contributed by atoms with Crippen LogP contribution >= 0.6 is 15.9 Å². The molecule has 3 aromatic carbocycles. The van der Waals surface area contributed by atoms with Gasteiger partial charge in [0.2, 0.25) is 0 Å². The van der Waals surface area contributed by atoms with Gasteiger partial charge in [0.05, 0.1) is 11.3 Å². The van der Waals surface area contributed by atoms with Gasteiger partial charge >= 0.3 is 0 Å². The van der Waals surface area contributed by atoms with E-state index in [2.05, 4.69) is 33.2 Å². The average Bonchev–Trinajstić information content (AvgIpc) is 3.10. The summed E-state index contributed by atoms with van der Waals surface area (Å²) in [5.74, 6) is 0.595. The first-order valence-electron chi connectivity index (χ1n) is 8.69. The fourth-order valence-corrected chi connectivity index (χ4v) is 3.46. The highest BCUT2D eigenvalue weighted by Crippen LogP contribution is 2.35. The Balaban J connectivity index is 1.75. The molecule has 0 amide bonds. The lowest BCUT2D eigenvalue weighted by molar-refractivity contribution is 0.219. The number of hydrogen-bond acceptors (Lipinski definition) is 3. The molecule has 0 saturated carbocycles. The molecule has 1 atom stereocenters. The highest BCUT2D eigenvalue weighted by atomic mass is 79.9. The summed E-state index contributed by atoms with van der Waals surface area (Å²) >= 11 is 3.44. The van der Waals surface area contributed by atoms with Gasteiger partial charge in [-0.05, 0) is 41.8 Å². The van der Waals surface area contributed by atoms with Crippen molar-refractivity contribution in [2.45, 2.75) is 13.0 Å². The van der Waals surface area contributed by atoms with Crippen molar-refractivity contribution in [2.24, 2.45) is 0 Å². The van der Waals surface area contributed by atoms with E-state index in [1.807, 2.05) is 73.7 Å². The Hall–Kier alpha value is -2.69. The fraction of sp³-hybridized carbons (Fsp3) is 0.0870. The predicted octanol–water partition coefficient (Wildman–Crippen LogP) is 6.16. The number of hydrogen-bond donors (Lipinski definition) is 1. The van der Waals surface area contributed by atoms with Crippen LogP contribution in [0.2, 0.25) is 0 Å². The molecule has 1 aromatic heterocycles. The number of aliphatic hydroxyl groups excluding tert-OH is 1. The van der Waals surface area contributed by atoms with Crippen molar-refractivity contribution in [1.29, 1.82) is 0 Å². The molecule has 0 radical (unpaired) electrons. The number of nitrogens with zero attached hydrogens (tertiary/aromatic N) is 1. The van der Waals surface area contributed by atoms with E-state index in [0.717, 1.165) is 26.7 Å². The molecule has 0 spiro atoms. The Morgan fingerprint density at radius 2 is 1.56 bits per heavy atom. The quantitative estimate of drug-likeness (QED) is 0.430. The fourth-order valence-electron chi connectivity index (χ4n) is 3.19. The van der Waals surface area contributed by atoms with Crippen LogP contribution in [0, 0.1) is 6.92 Å². The smallest absolute Gasteiger partial charge is 0.173 e. The van der Waals surface area contributed by atoms with Crippen molar-refractivity contribution in [2.75, 3.05) is 0 Å². The summed E-state index contributed by atoms with van der Waals surface area (Å²) < 4.78 is 6.54. The molecule has 0 aliphatic rings. The number of aliphatic hydroxyl groups is 1. The van der Waals surface area contributed by atoms with E-state index in [4.69, 9.17) is 4.52 Å². The molecule has 27 heavy (non-hydrogen) atoms. The minimum atomic E-state index is -0.821. The van der Waals surface area contributed by atoms with Gasteiger partial charge in [-0.25, -0.2) is 0 Å². The van der Waals surface area contributed by atoms with Gasteiger partial charge in [-0.15, -0.1) is 0 Å². The molecule has 0 aliphatic heterocycles. The van der Waals surface area contributed by atoms with Crippen LogP contribution in [-0.4, -0.2) is 10.3 Å². The topological polar surface area (TPSA) is 46.3 Å². The average molecular weight is 420 g/mol. The van der Waals surface area contributed by atoms with Gasteiger partial charge in [0, 0.05) is 10.0 Å². The maximum atomic E-state index is 11.1. The van der Waals surface area contributed by atoms with Crippen LogP contribution in [-0.2, 0) is 0 Å². The summed E-state index contributed by atoms with van der Waals surface area (Å²) in [6, 6.07) is 25.8. The van der Waals surface area contributed by atoms with Crippen molar-refractivity contribution in [1.82, 2.24) is 5.16 Å². The van der Waals surface area contributed by atoms with E-state index in [-0.39, 0.29) is 0 Å². The summed E-state index contributed by atoms with van der Waals surface area (Å²) in [6.07, 6.45) is -0.821. The maximum absolute atomic E-state index is 11.1. The number of aromatic nitrogens is 1. The zero-order chi connectivity index (χ0) is 18.8. The third kappa shape index (κ3) is 3.59. The molecule has 1 unspecified atom stereocenters. The van der Waals surface area contributed by atoms with Gasteiger partial charge < -0.3 is 9.63 Å². The molecular formula is C23H18BrNO2. The summed E-state index contributed by atoms with van der Waals surface area (Å²) in [7, 11) is 0. The lowest BCUT2D eigenvalue weighted by atomic mass is 9.94.